The van der Waals surface area contributed by atoms with E-state index in [1.807, 2.05) is 19.2 Å². The summed E-state index contributed by atoms with van der Waals surface area (Å²) in [5.41, 5.74) is 1.24. The minimum atomic E-state index is 0.635. The van der Waals surface area contributed by atoms with Crippen molar-refractivity contribution >= 4 is 11.6 Å². The Balaban J connectivity index is 1.97. The van der Waals surface area contributed by atoms with Crippen LogP contribution < -0.4 is 5.32 Å². The van der Waals surface area contributed by atoms with Gasteiger partial charge in [-0.2, -0.15) is 0 Å². The van der Waals surface area contributed by atoms with Crippen LogP contribution in [0.15, 0.2) is 24.3 Å². The minimum Gasteiger partial charge on any atom is -0.316 e. The maximum absolute atomic E-state index is 6.17. The molecule has 1 fully saturated rings. The van der Waals surface area contributed by atoms with Crippen molar-refractivity contribution < 1.29 is 0 Å². The summed E-state index contributed by atoms with van der Waals surface area (Å²) < 4.78 is 0. The fraction of sp³-hybridized carbons (Fsp3) is 0.538. The van der Waals surface area contributed by atoms with Gasteiger partial charge in [0.2, 0.25) is 0 Å². The number of nitrogens with zero attached hydrogens (tertiary/aromatic N) is 1. The molecule has 1 aromatic carbocycles. The highest BCUT2D eigenvalue weighted by atomic mass is 35.5. The van der Waals surface area contributed by atoms with Gasteiger partial charge < -0.3 is 5.32 Å². The topological polar surface area (TPSA) is 15.3 Å². The molecule has 1 atom stereocenters. The maximum Gasteiger partial charge on any atom is 0.0451 e. The fourth-order valence-electron chi connectivity index (χ4n) is 2.30. The molecule has 0 aromatic heterocycles. The smallest absolute Gasteiger partial charge is 0.0451 e. The first-order valence-electron chi connectivity index (χ1n) is 5.92. The van der Waals surface area contributed by atoms with E-state index >= 15 is 0 Å². The van der Waals surface area contributed by atoms with Crippen molar-refractivity contribution in [1.29, 1.82) is 0 Å². The van der Waals surface area contributed by atoms with Crippen molar-refractivity contribution in [3.8, 4) is 0 Å². The van der Waals surface area contributed by atoms with Crippen molar-refractivity contribution in [2.75, 3.05) is 20.1 Å². The molecule has 16 heavy (non-hydrogen) atoms. The van der Waals surface area contributed by atoms with Gasteiger partial charge in [-0.3, -0.25) is 4.90 Å². The van der Waals surface area contributed by atoms with E-state index < -0.39 is 0 Å². The molecule has 1 aliphatic rings. The van der Waals surface area contributed by atoms with Crippen molar-refractivity contribution in [1.82, 2.24) is 10.2 Å². The first-order valence-corrected chi connectivity index (χ1v) is 6.30. The molecule has 88 valence electrons. The van der Waals surface area contributed by atoms with E-state index in [2.05, 4.69) is 22.3 Å². The number of piperidine rings is 1. The number of halogens is 1. The number of hydrogen-bond acceptors (Lipinski definition) is 2. The average Bonchev–Trinajstić information content (AvgIpc) is 2.32. The summed E-state index contributed by atoms with van der Waals surface area (Å²) >= 11 is 6.17. The molecule has 1 aromatic rings. The quantitative estimate of drug-likeness (QED) is 0.871. The molecular weight excluding hydrogens is 220 g/mol. The monoisotopic (exact) mass is 238 g/mol. The molecule has 1 aliphatic heterocycles. The Labute approximate surface area is 103 Å². The van der Waals surface area contributed by atoms with Crippen LogP contribution in [-0.4, -0.2) is 31.1 Å². The third kappa shape index (κ3) is 2.97. The van der Waals surface area contributed by atoms with E-state index in [1.54, 1.807) is 0 Å². The van der Waals surface area contributed by atoms with Crippen LogP contribution in [0.1, 0.15) is 18.4 Å². The SMILES string of the molecule is CN[C@@H]1CCCN(Cc2ccccc2Cl)C1. The lowest BCUT2D eigenvalue weighted by Crippen LogP contribution is -2.43. The number of benzene rings is 1. The van der Waals surface area contributed by atoms with Crippen LogP contribution in [0.3, 0.4) is 0 Å². The molecule has 1 heterocycles. The zero-order valence-corrected chi connectivity index (χ0v) is 10.5. The largest absolute Gasteiger partial charge is 0.316 e. The Morgan fingerprint density at radius 2 is 2.25 bits per heavy atom. The van der Waals surface area contributed by atoms with E-state index in [1.165, 1.54) is 24.9 Å². The number of likely N-dealkylation sites (N-methyl/N-ethyl adjacent to an activating group) is 1. The number of nitrogens with one attached hydrogen (secondary N) is 1. The van der Waals surface area contributed by atoms with Crippen LogP contribution in [0.2, 0.25) is 5.02 Å². The Bertz CT molecular complexity index is 340. The second kappa shape index (κ2) is 5.67. The highest BCUT2D eigenvalue weighted by Gasteiger charge is 2.18. The first-order chi connectivity index (χ1) is 7.79. The van der Waals surface area contributed by atoms with Crippen LogP contribution in [0.4, 0.5) is 0 Å². The fourth-order valence-corrected chi connectivity index (χ4v) is 2.50. The number of rotatable bonds is 3. The maximum atomic E-state index is 6.17. The van der Waals surface area contributed by atoms with Crippen molar-refractivity contribution in [2.45, 2.75) is 25.4 Å². The first kappa shape index (κ1) is 11.9. The second-order valence-corrected chi connectivity index (χ2v) is 4.86. The molecule has 2 nitrogen and oxygen atoms in total. The number of likely N-dealkylation sites (tertiary alicyclic amines) is 1. The summed E-state index contributed by atoms with van der Waals surface area (Å²) in [6.07, 6.45) is 2.56. The predicted molar refractivity (Wildman–Crippen MR) is 68.8 cm³/mol. The van der Waals surface area contributed by atoms with Gasteiger partial charge in [-0.1, -0.05) is 29.8 Å². The normalized spacial score (nSPS) is 22.2. The van der Waals surface area contributed by atoms with Gasteiger partial charge in [-0.15, -0.1) is 0 Å². The van der Waals surface area contributed by atoms with Crippen LogP contribution in [0.25, 0.3) is 0 Å². The van der Waals surface area contributed by atoms with Crippen LogP contribution >= 0.6 is 11.6 Å². The molecule has 0 aliphatic carbocycles. The Morgan fingerprint density at radius 3 is 3.00 bits per heavy atom. The summed E-state index contributed by atoms with van der Waals surface area (Å²) in [7, 11) is 2.05. The molecule has 1 saturated heterocycles. The summed E-state index contributed by atoms with van der Waals surface area (Å²) in [5.74, 6) is 0. The van der Waals surface area contributed by atoms with E-state index in [4.69, 9.17) is 11.6 Å². The molecule has 2 rings (SSSR count). The summed E-state index contributed by atoms with van der Waals surface area (Å²) in [4.78, 5) is 2.48. The zero-order valence-electron chi connectivity index (χ0n) is 9.75. The molecule has 0 radical (unpaired) electrons. The van der Waals surface area contributed by atoms with Gasteiger partial charge >= 0.3 is 0 Å². The molecule has 0 unspecified atom stereocenters. The van der Waals surface area contributed by atoms with E-state index in [-0.39, 0.29) is 0 Å². The Kier molecular flexibility index (Phi) is 4.22. The third-order valence-corrected chi connectivity index (χ3v) is 3.63. The van der Waals surface area contributed by atoms with E-state index in [0.717, 1.165) is 18.1 Å². The van der Waals surface area contributed by atoms with Gasteiger partial charge in [0.25, 0.3) is 0 Å². The lowest BCUT2D eigenvalue weighted by Gasteiger charge is -2.32. The highest BCUT2D eigenvalue weighted by Crippen LogP contribution is 2.19. The zero-order chi connectivity index (χ0) is 11.4. The second-order valence-electron chi connectivity index (χ2n) is 4.45. The van der Waals surface area contributed by atoms with Gasteiger partial charge in [-0.05, 0) is 38.1 Å². The molecule has 1 N–H and O–H groups in total. The van der Waals surface area contributed by atoms with Gasteiger partial charge in [0.05, 0.1) is 0 Å². The molecule has 0 amide bonds. The van der Waals surface area contributed by atoms with Gasteiger partial charge in [0.15, 0.2) is 0 Å². The minimum absolute atomic E-state index is 0.635. The van der Waals surface area contributed by atoms with Gasteiger partial charge in [-0.25, -0.2) is 0 Å². The Hall–Kier alpha value is -0.570. The number of hydrogen-bond donors (Lipinski definition) is 1. The van der Waals surface area contributed by atoms with Crippen molar-refractivity contribution in [2.24, 2.45) is 0 Å². The molecule has 0 bridgehead atoms. The standard InChI is InChI=1S/C13H19ClN2/c1-15-12-6-4-8-16(10-12)9-11-5-2-3-7-13(11)14/h2-3,5,7,12,15H,4,6,8-10H2,1H3/t12-/m1/s1. The molecular formula is C13H19ClN2. The highest BCUT2D eigenvalue weighted by molar-refractivity contribution is 6.31. The molecule has 0 saturated carbocycles. The van der Waals surface area contributed by atoms with E-state index in [9.17, 15) is 0 Å². The average molecular weight is 239 g/mol. The van der Waals surface area contributed by atoms with Crippen molar-refractivity contribution in [3.63, 3.8) is 0 Å². The van der Waals surface area contributed by atoms with Gasteiger partial charge in [0, 0.05) is 24.2 Å². The third-order valence-electron chi connectivity index (χ3n) is 3.27. The van der Waals surface area contributed by atoms with Crippen molar-refractivity contribution in [3.05, 3.63) is 34.9 Å². The lowest BCUT2D eigenvalue weighted by atomic mass is 10.1. The Morgan fingerprint density at radius 1 is 1.44 bits per heavy atom. The van der Waals surface area contributed by atoms with Crippen LogP contribution in [0.5, 0.6) is 0 Å². The summed E-state index contributed by atoms with van der Waals surface area (Å²) in [6, 6.07) is 8.76. The summed E-state index contributed by atoms with van der Waals surface area (Å²) in [6.45, 7) is 3.28. The molecule has 3 heteroatoms. The predicted octanol–water partition coefficient (Wildman–Crippen LogP) is 2.52. The summed E-state index contributed by atoms with van der Waals surface area (Å²) in [5, 5.41) is 4.24. The molecule has 0 spiro atoms. The lowest BCUT2D eigenvalue weighted by molar-refractivity contribution is 0.188. The van der Waals surface area contributed by atoms with E-state index in [0.29, 0.717) is 6.04 Å². The van der Waals surface area contributed by atoms with Crippen LogP contribution in [0, 0.1) is 0 Å². The van der Waals surface area contributed by atoms with Crippen LogP contribution in [-0.2, 0) is 6.54 Å². The van der Waals surface area contributed by atoms with Gasteiger partial charge in [0.1, 0.15) is 0 Å².